The molecule has 1 saturated heterocycles. The smallest absolute Gasteiger partial charge is 0.323 e. The average molecular weight is 439 g/mol. The number of amides is 2. The summed E-state index contributed by atoms with van der Waals surface area (Å²) in [5, 5.41) is 10.8. The predicted octanol–water partition coefficient (Wildman–Crippen LogP) is 4.96. The van der Waals surface area contributed by atoms with Gasteiger partial charge in [-0.1, -0.05) is 6.92 Å². The van der Waals surface area contributed by atoms with Crippen molar-refractivity contribution in [3.8, 4) is 11.1 Å². The number of rotatable bonds is 3. The van der Waals surface area contributed by atoms with Gasteiger partial charge in [0.05, 0.1) is 11.9 Å². The van der Waals surface area contributed by atoms with Gasteiger partial charge >= 0.3 is 6.03 Å². The van der Waals surface area contributed by atoms with Crippen molar-refractivity contribution in [3.63, 3.8) is 0 Å². The van der Waals surface area contributed by atoms with Crippen LogP contribution < -0.4 is 5.32 Å². The van der Waals surface area contributed by atoms with Crippen LogP contribution >= 0.6 is 0 Å². The van der Waals surface area contributed by atoms with Crippen molar-refractivity contribution in [2.75, 3.05) is 5.32 Å². The maximum atomic E-state index is 14.8. The number of hydrogen-bond acceptors (Lipinski definition) is 5. The van der Waals surface area contributed by atoms with Crippen molar-refractivity contribution in [2.24, 2.45) is 5.92 Å². The molecule has 3 aromatic rings. The van der Waals surface area contributed by atoms with Gasteiger partial charge < -0.3 is 14.6 Å². The highest BCUT2D eigenvalue weighted by Crippen LogP contribution is 2.55. The van der Waals surface area contributed by atoms with Crippen LogP contribution in [0.15, 0.2) is 35.0 Å². The number of aryl methyl sites for hydroxylation is 2. The molecule has 1 saturated carbocycles. The van der Waals surface area contributed by atoms with Gasteiger partial charge in [-0.2, -0.15) is 0 Å². The van der Waals surface area contributed by atoms with Crippen LogP contribution in [-0.4, -0.2) is 32.2 Å². The number of carbonyl (C=O) groups excluding carboxylic acids is 1. The third kappa shape index (κ3) is 3.23. The number of nitrogens with zero attached hydrogens (tertiary/aromatic N) is 4. The Morgan fingerprint density at radius 3 is 2.72 bits per heavy atom. The molecule has 0 radical (unpaired) electrons. The molecule has 32 heavy (non-hydrogen) atoms. The van der Waals surface area contributed by atoms with E-state index in [9.17, 15) is 13.6 Å². The zero-order valence-corrected chi connectivity index (χ0v) is 18.0. The fraction of sp³-hybridized carbons (Fsp3) is 0.391. The number of hydrogen-bond donors (Lipinski definition) is 1. The van der Waals surface area contributed by atoms with Crippen molar-refractivity contribution < 1.29 is 18.0 Å². The minimum atomic E-state index is -0.676. The van der Waals surface area contributed by atoms with E-state index in [0.29, 0.717) is 40.8 Å². The molecule has 0 unspecified atom stereocenters. The quantitative estimate of drug-likeness (QED) is 0.624. The van der Waals surface area contributed by atoms with Crippen molar-refractivity contribution in [2.45, 2.75) is 51.6 Å². The Labute approximate surface area is 183 Å². The maximum Gasteiger partial charge on any atom is 0.323 e. The van der Waals surface area contributed by atoms with Gasteiger partial charge in [-0.05, 0) is 55.0 Å². The predicted molar refractivity (Wildman–Crippen MR) is 113 cm³/mol. The molecule has 9 heteroatoms. The summed E-state index contributed by atoms with van der Waals surface area (Å²) >= 11 is 0. The molecule has 5 rings (SSSR count). The number of urea groups is 1. The lowest BCUT2D eigenvalue weighted by atomic mass is 9.64. The Morgan fingerprint density at radius 1 is 1.19 bits per heavy atom. The van der Waals surface area contributed by atoms with Crippen LogP contribution in [0.1, 0.15) is 43.5 Å². The van der Waals surface area contributed by atoms with E-state index in [4.69, 9.17) is 4.42 Å². The van der Waals surface area contributed by atoms with Gasteiger partial charge in [-0.3, -0.25) is 4.98 Å². The normalized spacial score (nSPS) is 24.2. The first-order valence-corrected chi connectivity index (χ1v) is 10.6. The number of piperidine rings is 1. The summed E-state index contributed by atoms with van der Waals surface area (Å²) < 4.78 is 34.2. The first-order valence-electron chi connectivity index (χ1n) is 10.6. The minimum Gasteiger partial charge on any atom is -0.423 e. The van der Waals surface area contributed by atoms with Crippen molar-refractivity contribution in [1.29, 1.82) is 0 Å². The molecule has 1 aliphatic carbocycles. The molecule has 1 N–H and O–H groups in total. The number of likely N-dealkylation sites (tertiary alicyclic amines) is 1. The standard InChI is InChI=1S/C23H23F2N5O2/c1-12-4-17-9-23(8-12,21-29-28-14(3)32-21)30(17)22(31)27-20-7-18(13(2)5-19(20)25)15-6-16(24)11-26-10-15/h5-7,10-12,17H,4,8-9H2,1-3H3,(H,27,31)/t12-,17+,23-/m0/s1. The Kier molecular flexibility index (Phi) is 4.72. The molecule has 2 fully saturated rings. The summed E-state index contributed by atoms with van der Waals surface area (Å²) in [5.74, 6) is 0.202. The molecule has 3 atom stereocenters. The highest BCUT2D eigenvalue weighted by atomic mass is 19.1. The van der Waals surface area contributed by atoms with Crippen LogP contribution in [0.4, 0.5) is 19.3 Å². The van der Waals surface area contributed by atoms with Crippen molar-refractivity contribution in [3.05, 3.63) is 59.6 Å². The number of fused-ring (bicyclic) bond motifs is 2. The van der Waals surface area contributed by atoms with E-state index in [-0.39, 0.29) is 11.7 Å². The molecule has 2 aromatic heterocycles. The van der Waals surface area contributed by atoms with E-state index < -0.39 is 23.2 Å². The summed E-state index contributed by atoms with van der Waals surface area (Å²) in [4.78, 5) is 18.9. The molecular weight excluding hydrogens is 416 g/mol. The molecule has 2 bridgehead atoms. The van der Waals surface area contributed by atoms with E-state index >= 15 is 0 Å². The molecule has 0 spiro atoms. The van der Waals surface area contributed by atoms with Crippen LogP contribution in [0.5, 0.6) is 0 Å². The molecule has 2 aliphatic rings. The van der Waals surface area contributed by atoms with E-state index in [1.54, 1.807) is 18.7 Å². The zero-order chi connectivity index (χ0) is 22.6. The number of halogens is 2. The lowest BCUT2D eigenvalue weighted by Gasteiger charge is -2.61. The second kappa shape index (κ2) is 7.36. The first kappa shape index (κ1) is 20.5. The summed E-state index contributed by atoms with van der Waals surface area (Å²) in [5.41, 5.74) is 1.05. The van der Waals surface area contributed by atoms with E-state index in [1.807, 2.05) is 0 Å². The third-order valence-electron chi connectivity index (χ3n) is 6.47. The Morgan fingerprint density at radius 2 is 2.00 bits per heavy atom. The van der Waals surface area contributed by atoms with Crippen LogP contribution in [-0.2, 0) is 5.54 Å². The molecule has 7 nitrogen and oxygen atoms in total. The van der Waals surface area contributed by atoms with E-state index in [0.717, 1.165) is 19.0 Å². The van der Waals surface area contributed by atoms with Crippen molar-refractivity contribution in [1.82, 2.24) is 20.1 Å². The van der Waals surface area contributed by atoms with Crippen molar-refractivity contribution >= 4 is 11.7 Å². The number of benzene rings is 1. The van der Waals surface area contributed by atoms with Crippen LogP contribution in [0.3, 0.4) is 0 Å². The second-order valence-corrected chi connectivity index (χ2v) is 8.90. The average Bonchev–Trinajstić information content (AvgIpc) is 3.16. The summed E-state index contributed by atoms with van der Waals surface area (Å²) in [6.07, 6.45) is 4.91. The SMILES string of the molecule is Cc1nnc([C@]23C[C@@H](C)C[C@H](C2)N3C(=O)Nc2cc(-c3cncc(F)c3)c(C)cc2F)o1. The number of pyridine rings is 1. The zero-order valence-electron chi connectivity index (χ0n) is 18.0. The van der Waals surface area contributed by atoms with Gasteiger partial charge in [0, 0.05) is 31.1 Å². The lowest BCUT2D eigenvalue weighted by molar-refractivity contribution is -0.110. The largest absolute Gasteiger partial charge is 0.423 e. The topological polar surface area (TPSA) is 84.2 Å². The summed E-state index contributed by atoms with van der Waals surface area (Å²) in [7, 11) is 0. The number of carbonyl (C=O) groups is 1. The van der Waals surface area contributed by atoms with E-state index in [2.05, 4.69) is 27.4 Å². The number of aromatic nitrogens is 3. The van der Waals surface area contributed by atoms with Crippen LogP contribution in [0, 0.1) is 31.4 Å². The van der Waals surface area contributed by atoms with Crippen LogP contribution in [0.2, 0.25) is 0 Å². The fourth-order valence-corrected chi connectivity index (χ4v) is 5.25. The monoisotopic (exact) mass is 439 g/mol. The number of anilines is 1. The summed E-state index contributed by atoms with van der Waals surface area (Å²) in [6, 6.07) is 3.76. The maximum absolute atomic E-state index is 14.8. The highest BCUT2D eigenvalue weighted by molar-refractivity contribution is 5.92. The highest BCUT2D eigenvalue weighted by Gasteiger charge is 2.62. The molecule has 1 aromatic carbocycles. The first-order chi connectivity index (χ1) is 15.3. The second-order valence-electron chi connectivity index (χ2n) is 8.90. The van der Waals surface area contributed by atoms with Gasteiger partial charge in [-0.15, -0.1) is 10.2 Å². The van der Waals surface area contributed by atoms with Gasteiger partial charge in [-0.25, -0.2) is 13.6 Å². The molecule has 2 amide bonds. The Hall–Kier alpha value is -3.36. The molecule has 3 heterocycles. The lowest BCUT2D eigenvalue weighted by Crippen LogP contribution is -2.70. The Balaban J connectivity index is 1.47. The number of nitrogens with one attached hydrogen (secondary N) is 1. The molecule has 166 valence electrons. The van der Waals surface area contributed by atoms with Gasteiger partial charge in [0.25, 0.3) is 0 Å². The fourth-order valence-electron chi connectivity index (χ4n) is 5.25. The molecule has 1 aliphatic heterocycles. The third-order valence-corrected chi connectivity index (χ3v) is 6.47. The summed E-state index contributed by atoms with van der Waals surface area (Å²) in [6.45, 7) is 5.58. The Bertz CT molecular complexity index is 1210. The van der Waals surface area contributed by atoms with Gasteiger partial charge in [0.2, 0.25) is 11.8 Å². The van der Waals surface area contributed by atoms with Gasteiger partial charge in [0.15, 0.2) is 0 Å². The minimum absolute atomic E-state index is 0.0198. The van der Waals surface area contributed by atoms with Crippen LogP contribution in [0.25, 0.3) is 11.1 Å². The molecular formula is C23H23F2N5O2. The van der Waals surface area contributed by atoms with E-state index in [1.165, 1.54) is 24.4 Å². The van der Waals surface area contributed by atoms with Gasteiger partial charge in [0.1, 0.15) is 17.2 Å².